The predicted molar refractivity (Wildman–Crippen MR) is 114 cm³/mol. The maximum Gasteiger partial charge on any atom is 0.237 e. The molecule has 0 spiro atoms. The fourth-order valence-corrected chi connectivity index (χ4v) is 4.59. The van der Waals surface area contributed by atoms with Gasteiger partial charge in [0.05, 0.1) is 16.0 Å². The molecule has 1 atom stereocenters. The lowest BCUT2D eigenvalue weighted by Crippen LogP contribution is -2.34. The summed E-state index contributed by atoms with van der Waals surface area (Å²) >= 11 is 7.41. The van der Waals surface area contributed by atoms with Crippen LogP contribution >= 0.6 is 23.4 Å². The monoisotopic (exact) mass is 437 g/mol. The number of hydrogen-bond donors (Lipinski definition) is 1. The summed E-state index contributed by atoms with van der Waals surface area (Å²) < 4.78 is 15.4. The second-order valence-electron chi connectivity index (χ2n) is 7.93. The highest BCUT2D eigenvalue weighted by atomic mass is 35.5. The van der Waals surface area contributed by atoms with Crippen LogP contribution in [0, 0.1) is 11.7 Å². The summed E-state index contributed by atoms with van der Waals surface area (Å²) in [4.78, 5) is 15.0. The van der Waals surface area contributed by atoms with Gasteiger partial charge in [-0.25, -0.2) is 4.39 Å². The number of thioether (sulfide) groups is 1. The normalized spacial score (nSPS) is 18.7. The highest BCUT2D eigenvalue weighted by molar-refractivity contribution is 8.00. The SMILES string of the molecule is CC1CCN(c2nnc(SC(C)C(=O)Nc3ccc(F)cc3Cl)n2C2CC2)CC1. The highest BCUT2D eigenvalue weighted by Gasteiger charge is 2.33. The first-order valence-corrected chi connectivity index (χ1v) is 11.3. The van der Waals surface area contributed by atoms with Crippen molar-refractivity contribution in [2.24, 2.45) is 5.92 Å². The molecule has 1 aliphatic carbocycles. The van der Waals surface area contributed by atoms with E-state index in [1.54, 1.807) is 0 Å². The van der Waals surface area contributed by atoms with E-state index in [2.05, 4.69) is 31.9 Å². The Morgan fingerprint density at radius 3 is 2.66 bits per heavy atom. The van der Waals surface area contributed by atoms with Gasteiger partial charge in [0.25, 0.3) is 0 Å². The fraction of sp³-hybridized carbons (Fsp3) is 0.550. The minimum absolute atomic E-state index is 0.179. The molecule has 4 rings (SSSR count). The van der Waals surface area contributed by atoms with E-state index in [1.165, 1.54) is 30.0 Å². The first kappa shape index (κ1) is 20.5. The topological polar surface area (TPSA) is 63.1 Å². The van der Waals surface area contributed by atoms with Crippen LogP contribution in [0.3, 0.4) is 0 Å². The van der Waals surface area contributed by atoms with Crippen molar-refractivity contribution in [3.8, 4) is 0 Å². The van der Waals surface area contributed by atoms with Crippen molar-refractivity contribution in [2.45, 2.75) is 56.0 Å². The molecule has 29 heavy (non-hydrogen) atoms. The molecular weight excluding hydrogens is 413 g/mol. The van der Waals surface area contributed by atoms with Crippen LogP contribution in [0.4, 0.5) is 16.0 Å². The first-order chi connectivity index (χ1) is 13.9. The van der Waals surface area contributed by atoms with Crippen molar-refractivity contribution >= 4 is 40.9 Å². The largest absolute Gasteiger partial charge is 0.341 e. The average molecular weight is 438 g/mol. The van der Waals surface area contributed by atoms with Crippen LogP contribution in [-0.2, 0) is 4.79 Å². The van der Waals surface area contributed by atoms with Crippen LogP contribution in [0.2, 0.25) is 5.02 Å². The average Bonchev–Trinajstić information content (AvgIpc) is 3.45. The Bertz CT molecular complexity index is 895. The van der Waals surface area contributed by atoms with Crippen molar-refractivity contribution in [3.63, 3.8) is 0 Å². The van der Waals surface area contributed by atoms with Gasteiger partial charge >= 0.3 is 0 Å². The summed E-state index contributed by atoms with van der Waals surface area (Å²) in [5.74, 6) is 1.03. The molecule has 1 amide bonds. The number of amides is 1. The molecule has 0 bridgehead atoms. The van der Waals surface area contributed by atoms with Crippen molar-refractivity contribution in [1.82, 2.24) is 14.8 Å². The summed E-state index contributed by atoms with van der Waals surface area (Å²) in [5.41, 5.74) is 0.400. The zero-order valence-corrected chi connectivity index (χ0v) is 18.1. The Balaban J connectivity index is 1.46. The molecule has 6 nitrogen and oxygen atoms in total. The summed E-state index contributed by atoms with van der Waals surface area (Å²) in [6.07, 6.45) is 4.57. The minimum Gasteiger partial charge on any atom is -0.341 e. The molecule has 156 valence electrons. The number of rotatable bonds is 6. The number of hydrogen-bond acceptors (Lipinski definition) is 5. The second-order valence-corrected chi connectivity index (χ2v) is 9.64. The number of halogens is 2. The molecule has 1 aromatic carbocycles. The Hall–Kier alpha value is -1.80. The van der Waals surface area contributed by atoms with Crippen LogP contribution in [0.15, 0.2) is 23.4 Å². The fourth-order valence-electron chi connectivity index (χ4n) is 3.46. The van der Waals surface area contributed by atoms with Crippen molar-refractivity contribution < 1.29 is 9.18 Å². The number of carbonyl (C=O) groups is 1. The number of benzene rings is 1. The zero-order chi connectivity index (χ0) is 20.5. The third-order valence-electron chi connectivity index (χ3n) is 5.47. The van der Waals surface area contributed by atoms with Gasteiger partial charge in [-0.15, -0.1) is 10.2 Å². The Kier molecular flexibility index (Phi) is 6.01. The third-order valence-corrected chi connectivity index (χ3v) is 6.83. The Morgan fingerprint density at radius 1 is 1.28 bits per heavy atom. The van der Waals surface area contributed by atoms with E-state index in [9.17, 15) is 9.18 Å². The van der Waals surface area contributed by atoms with Gasteiger partial charge in [0.2, 0.25) is 11.9 Å². The number of aromatic nitrogens is 3. The minimum atomic E-state index is -0.437. The van der Waals surface area contributed by atoms with E-state index >= 15 is 0 Å². The third kappa shape index (κ3) is 4.69. The molecule has 1 saturated carbocycles. The summed E-state index contributed by atoms with van der Waals surface area (Å²) in [6.45, 7) is 6.11. The van der Waals surface area contributed by atoms with Crippen molar-refractivity contribution in [2.75, 3.05) is 23.3 Å². The molecule has 1 saturated heterocycles. The number of piperidine rings is 1. The lowest BCUT2D eigenvalue weighted by Gasteiger charge is -2.31. The van der Waals surface area contributed by atoms with E-state index in [-0.39, 0.29) is 10.9 Å². The molecule has 2 aromatic rings. The van der Waals surface area contributed by atoms with Gasteiger partial charge in [0.1, 0.15) is 5.82 Å². The quantitative estimate of drug-likeness (QED) is 0.660. The molecule has 1 aromatic heterocycles. The second kappa shape index (κ2) is 8.52. The molecule has 1 N–H and O–H groups in total. The van der Waals surface area contributed by atoms with E-state index in [4.69, 9.17) is 11.6 Å². The molecule has 1 unspecified atom stereocenters. The smallest absolute Gasteiger partial charge is 0.237 e. The van der Waals surface area contributed by atoms with Gasteiger partial charge in [0, 0.05) is 19.1 Å². The highest BCUT2D eigenvalue weighted by Crippen LogP contribution is 2.42. The molecule has 1 aliphatic heterocycles. The van der Waals surface area contributed by atoms with Gasteiger partial charge < -0.3 is 10.2 Å². The standard InChI is InChI=1S/C20H25ClFN5OS/c1-12-7-9-26(10-8-12)19-24-25-20(27(19)15-4-5-15)29-13(2)18(28)23-17-6-3-14(22)11-16(17)21/h3,6,11-13,15H,4-5,7-10H2,1-2H3,(H,23,28). The molecule has 2 aliphatic rings. The van der Waals surface area contributed by atoms with E-state index in [1.807, 2.05) is 6.92 Å². The van der Waals surface area contributed by atoms with Crippen LogP contribution in [0.1, 0.15) is 45.6 Å². The van der Waals surface area contributed by atoms with Crippen LogP contribution in [0.5, 0.6) is 0 Å². The molecule has 2 fully saturated rings. The van der Waals surface area contributed by atoms with Gasteiger partial charge in [-0.3, -0.25) is 9.36 Å². The number of anilines is 2. The molecular formula is C20H25ClFN5OS. The summed E-state index contributed by atoms with van der Waals surface area (Å²) in [6, 6.07) is 4.34. The van der Waals surface area contributed by atoms with Gasteiger partial charge in [-0.1, -0.05) is 30.3 Å². The lowest BCUT2D eigenvalue weighted by molar-refractivity contribution is -0.115. The number of carbonyl (C=O) groups excluding carboxylic acids is 1. The molecule has 9 heteroatoms. The Morgan fingerprint density at radius 2 is 2.00 bits per heavy atom. The van der Waals surface area contributed by atoms with Crippen LogP contribution in [-0.4, -0.2) is 39.0 Å². The van der Waals surface area contributed by atoms with E-state index in [0.717, 1.165) is 55.8 Å². The van der Waals surface area contributed by atoms with Gasteiger partial charge in [-0.2, -0.15) is 0 Å². The Labute approximate surface area is 179 Å². The van der Waals surface area contributed by atoms with Gasteiger partial charge in [0.15, 0.2) is 5.16 Å². The van der Waals surface area contributed by atoms with Crippen LogP contribution in [0.25, 0.3) is 0 Å². The summed E-state index contributed by atoms with van der Waals surface area (Å²) in [7, 11) is 0. The number of nitrogens with one attached hydrogen (secondary N) is 1. The van der Waals surface area contributed by atoms with Gasteiger partial charge in [-0.05, 0) is 56.7 Å². The summed E-state index contributed by atoms with van der Waals surface area (Å²) in [5, 5.41) is 12.2. The van der Waals surface area contributed by atoms with Crippen molar-refractivity contribution in [1.29, 1.82) is 0 Å². The zero-order valence-electron chi connectivity index (χ0n) is 16.6. The predicted octanol–water partition coefficient (Wildman–Crippen LogP) is 4.76. The molecule has 0 radical (unpaired) electrons. The van der Waals surface area contributed by atoms with Crippen LogP contribution < -0.4 is 10.2 Å². The maximum absolute atomic E-state index is 13.2. The lowest BCUT2D eigenvalue weighted by atomic mass is 10.00. The van der Waals surface area contributed by atoms with Crippen molar-refractivity contribution in [3.05, 3.63) is 29.0 Å². The first-order valence-electron chi connectivity index (χ1n) is 10.0. The molecule has 2 heterocycles. The van der Waals surface area contributed by atoms with E-state index in [0.29, 0.717) is 11.7 Å². The maximum atomic E-state index is 13.2. The number of nitrogens with zero attached hydrogens (tertiary/aromatic N) is 4. The van der Waals surface area contributed by atoms with E-state index < -0.39 is 11.1 Å².